The molecule has 1 aliphatic rings. The van der Waals surface area contributed by atoms with Gasteiger partial charge in [-0.05, 0) is 13.8 Å². The Hall–Kier alpha value is -0.0100. The average Bonchev–Trinajstić information content (AvgIpc) is 2.08. The molecule has 1 heterocycles. The van der Waals surface area contributed by atoms with E-state index in [4.69, 9.17) is 0 Å². The van der Waals surface area contributed by atoms with Crippen molar-refractivity contribution in [3.63, 3.8) is 0 Å². The van der Waals surface area contributed by atoms with Crippen molar-refractivity contribution in [3.05, 3.63) is 0 Å². The van der Waals surface area contributed by atoms with E-state index in [0.717, 1.165) is 0 Å². The molecule has 0 bridgehead atoms. The summed E-state index contributed by atoms with van der Waals surface area (Å²) in [5.74, 6) is 0. The first kappa shape index (κ1) is 10.1. The van der Waals surface area contributed by atoms with Gasteiger partial charge in [0.15, 0.2) is 0 Å². The van der Waals surface area contributed by atoms with Gasteiger partial charge in [-0.1, -0.05) is 0 Å². The van der Waals surface area contributed by atoms with Crippen LogP contribution in [-0.4, -0.2) is 12.9 Å². The quantitative estimate of drug-likeness (QED) is 0.386. The Morgan fingerprint density at radius 2 is 2.00 bits per heavy atom. The molecule has 0 aromatic carbocycles. The Bertz CT molecular complexity index is 162. The molecule has 0 unspecified atom stereocenters. The smallest absolute Gasteiger partial charge is 0.227 e. The summed E-state index contributed by atoms with van der Waals surface area (Å²) in [4.78, 5) is 13.1. The monoisotopic (exact) mass is 200 g/mol. The van der Waals surface area contributed by atoms with Gasteiger partial charge in [0.1, 0.15) is 0 Å². The number of phosphoric acid groups is 1. The van der Waals surface area contributed by atoms with Crippen molar-refractivity contribution in [1.82, 2.24) is 0 Å². The Kier molecular flexibility index (Phi) is 3.60. The first-order valence-electron chi connectivity index (χ1n) is 3.27. The van der Waals surface area contributed by atoms with Crippen LogP contribution < -0.4 is 0 Å². The van der Waals surface area contributed by atoms with Gasteiger partial charge in [-0.25, -0.2) is 9.45 Å². The Morgan fingerprint density at radius 1 is 1.42 bits per heavy atom. The SMILES string of the molecule is CCOOP1(=O)OOC(C)OO1. The van der Waals surface area contributed by atoms with Crippen LogP contribution in [-0.2, 0) is 33.3 Å². The summed E-state index contributed by atoms with van der Waals surface area (Å²) in [5.41, 5.74) is 0. The largest absolute Gasteiger partial charge is 0.556 e. The van der Waals surface area contributed by atoms with Crippen molar-refractivity contribution in [2.75, 3.05) is 6.61 Å². The molecule has 0 atom stereocenters. The molecule has 0 spiro atoms. The summed E-state index contributed by atoms with van der Waals surface area (Å²) >= 11 is 0. The fourth-order valence-electron chi connectivity index (χ4n) is 0.397. The highest BCUT2D eigenvalue weighted by atomic mass is 31.2. The van der Waals surface area contributed by atoms with Gasteiger partial charge in [-0.2, -0.15) is 9.78 Å². The minimum absolute atomic E-state index is 0.201. The van der Waals surface area contributed by atoms with Gasteiger partial charge in [0, 0.05) is 0 Å². The van der Waals surface area contributed by atoms with Gasteiger partial charge < -0.3 is 0 Å². The molecule has 8 heteroatoms. The molecule has 0 aromatic heterocycles. The molecule has 0 radical (unpaired) electrons. The van der Waals surface area contributed by atoms with E-state index < -0.39 is 14.1 Å². The van der Waals surface area contributed by atoms with E-state index in [-0.39, 0.29) is 6.61 Å². The summed E-state index contributed by atoms with van der Waals surface area (Å²) in [6, 6.07) is 0. The predicted octanol–water partition coefficient (Wildman–Crippen LogP) is 1.32. The molecule has 1 aliphatic heterocycles. The second-order valence-electron chi connectivity index (χ2n) is 1.84. The molecule has 1 fully saturated rings. The summed E-state index contributed by atoms with van der Waals surface area (Å²) in [6.45, 7) is 3.33. The summed E-state index contributed by atoms with van der Waals surface area (Å²) < 4.78 is 23.8. The van der Waals surface area contributed by atoms with E-state index in [1.54, 1.807) is 6.92 Å². The fourth-order valence-corrected chi connectivity index (χ4v) is 1.16. The maximum absolute atomic E-state index is 11.1. The lowest BCUT2D eigenvalue weighted by Crippen LogP contribution is -2.19. The van der Waals surface area contributed by atoms with Crippen LogP contribution in [0.5, 0.6) is 0 Å². The molecule has 1 saturated heterocycles. The van der Waals surface area contributed by atoms with Crippen LogP contribution in [0.15, 0.2) is 0 Å². The third-order valence-electron chi connectivity index (χ3n) is 0.802. The maximum Gasteiger partial charge on any atom is 0.556 e. The Labute approximate surface area is 68.8 Å². The highest BCUT2D eigenvalue weighted by molar-refractivity contribution is 7.48. The standard InChI is InChI=1S/C4H9O7P/c1-3-6-9-12(5)10-7-4(2)8-11-12/h4H,3H2,1-2H3. The second-order valence-corrected chi connectivity index (χ2v) is 3.18. The normalized spacial score (nSPS) is 36.7. The zero-order valence-corrected chi connectivity index (χ0v) is 7.48. The first-order valence-corrected chi connectivity index (χ1v) is 4.74. The highest BCUT2D eigenvalue weighted by Gasteiger charge is 2.38. The lowest BCUT2D eigenvalue weighted by atomic mass is 10.8. The predicted molar refractivity (Wildman–Crippen MR) is 34.1 cm³/mol. The molecule has 0 aromatic rings. The number of hydrogen-bond acceptors (Lipinski definition) is 7. The van der Waals surface area contributed by atoms with Crippen LogP contribution >= 0.6 is 7.82 Å². The third kappa shape index (κ3) is 2.80. The van der Waals surface area contributed by atoms with Crippen LogP contribution in [0.25, 0.3) is 0 Å². The fraction of sp³-hybridized carbons (Fsp3) is 1.00. The van der Waals surface area contributed by atoms with Crippen molar-refractivity contribution in [2.45, 2.75) is 20.1 Å². The minimum atomic E-state index is -3.83. The van der Waals surface area contributed by atoms with E-state index in [1.807, 2.05) is 0 Å². The van der Waals surface area contributed by atoms with Gasteiger partial charge in [0.25, 0.3) is 0 Å². The van der Waals surface area contributed by atoms with Crippen molar-refractivity contribution >= 4 is 7.82 Å². The molecule has 0 N–H and O–H groups in total. The zero-order valence-electron chi connectivity index (χ0n) is 6.59. The van der Waals surface area contributed by atoms with E-state index >= 15 is 0 Å². The minimum Gasteiger partial charge on any atom is -0.227 e. The Balaban J connectivity index is 2.34. The maximum atomic E-state index is 11.1. The molecule has 0 amide bonds. The summed E-state index contributed by atoms with van der Waals surface area (Å²) in [5, 5.41) is 0. The molecule has 0 aliphatic carbocycles. The molecular weight excluding hydrogens is 191 g/mol. The molecule has 0 saturated carbocycles. The van der Waals surface area contributed by atoms with Gasteiger partial charge in [-0.15, -0.1) is 14.0 Å². The number of hydrogen-bond donors (Lipinski definition) is 0. The highest BCUT2D eigenvalue weighted by Crippen LogP contribution is 2.52. The van der Waals surface area contributed by atoms with Crippen LogP contribution in [0.4, 0.5) is 0 Å². The first-order chi connectivity index (χ1) is 5.66. The van der Waals surface area contributed by atoms with Crippen LogP contribution in [0.2, 0.25) is 0 Å². The molecule has 72 valence electrons. The van der Waals surface area contributed by atoms with Gasteiger partial charge in [0.2, 0.25) is 6.29 Å². The van der Waals surface area contributed by atoms with Crippen LogP contribution in [0, 0.1) is 0 Å². The molecular formula is C4H9O7P. The zero-order chi connectivity index (χ0) is 9.03. The average molecular weight is 200 g/mol. The van der Waals surface area contributed by atoms with Gasteiger partial charge in [-0.3, -0.25) is 0 Å². The summed E-state index contributed by atoms with van der Waals surface area (Å²) in [6.07, 6.45) is -0.752. The third-order valence-corrected chi connectivity index (χ3v) is 1.63. The lowest BCUT2D eigenvalue weighted by Gasteiger charge is -2.21. The second kappa shape index (κ2) is 4.29. The molecule has 1 rings (SSSR count). The lowest BCUT2D eigenvalue weighted by molar-refractivity contribution is -0.459. The van der Waals surface area contributed by atoms with Gasteiger partial charge in [0.05, 0.1) is 6.61 Å². The van der Waals surface area contributed by atoms with Crippen molar-refractivity contribution in [1.29, 1.82) is 0 Å². The van der Waals surface area contributed by atoms with E-state index in [1.165, 1.54) is 6.92 Å². The Morgan fingerprint density at radius 3 is 2.50 bits per heavy atom. The van der Waals surface area contributed by atoms with Crippen molar-refractivity contribution in [2.24, 2.45) is 0 Å². The topological polar surface area (TPSA) is 72.5 Å². The van der Waals surface area contributed by atoms with Crippen molar-refractivity contribution in [3.8, 4) is 0 Å². The van der Waals surface area contributed by atoms with E-state index in [0.29, 0.717) is 0 Å². The molecule has 7 nitrogen and oxygen atoms in total. The molecule has 12 heavy (non-hydrogen) atoms. The number of rotatable bonds is 3. The van der Waals surface area contributed by atoms with Crippen LogP contribution in [0.3, 0.4) is 0 Å². The van der Waals surface area contributed by atoms with E-state index in [2.05, 4.69) is 28.7 Å². The summed E-state index contributed by atoms with van der Waals surface area (Å²) in [7, 11) is -3.83. The van der Waals surface area contributed by atoms with Gasteiger partial charge >= 0.3 is 7.82 Å². The van der Waals surface area contributed by atoms with Crippen LogP contribution in [0.1, 0.15) is 13.8 Å². The van der Waals surface area contributed by atoms with E-state index in [9.17, 15) is 4.57 Å². The van der Waals surface area contributed by atoms with Crippen molar-refractivity contribution < 1.29 is 33.3 Å².